The topological polar surface area (TPSA) is 61.6 Å². The normalized spacial score (nSPS) is 18.4. The number of likely N-dealkylation sites (N-methyl/N-ethyl adjacent to an activating group) is 1. The van der Waals surface area contributed by atoms with Gasteiger partial charge in [0.25, 0.3) is 5.78 Å². The molecule has 2 aromatic heterocycles. The molecule has 0 atom stereocenters. The van der Waals surface area contributed by atoms with Crippen molar-refractivity contribution in [2.24, 2.45) is 5.92 Å². The summed E-state index contributed by atoms with van der Waals surface area (Å²) < 4.78 is 1.84. The molecule has 8 heteroatoms. The molecule has 1 saturated carbocycles. The minimum absolute atomic E-state index is 0.660. The van der Waals surface area contributed by atoms with Crippen LogP contribution in [0.15, 0.2) is 35.5 Å². The summed E-state index contributed by atoms with van der Waals surface area (Å²) in [6.45, 7) is 6.38. The molecule has 2 aliphatic rings. The minimum atomic E-state index is 0.660. The van der Waals surface area contributed by atoms with E-state index < -0.39 is 0 Å². The highest BCUT2D eigenvalue weighted by Gasteiger charge is 2.17. The summed E-state index contributed by atoms with van der Waals surface area (Å²) in [4.78, 5) is 14.1. The number of thioether (sulfide) groups is 1. The average Bonchev–Trinajstić information content (AvgIpc) is 3.22. The molecule has 1 aromatic carbocycles. The van der Waals surface area contributed by atoms with Gasteiger partial charge in [0.05, 0.1) is 0 Å². The molecule has 1 aliphatic carbocycles. The zero-order valence-corrected chi connectivity index (χ0v) is 19.9. The molecule has 3 aromatic rings. The summed E-state index contributed by atoms with van der Waals surface area (Å²) in [5, 5.41) is 9.11. The van der Waals surface area contributed by atoms with Gasteiger partial charge in [-0.3, -0.25) is 0 Å². The second kappa shape index (κ2) is 9.67. The molecule has 0 bridgehead atoms. The third kappa shape index (κ3) is 5.02. The molecule has 0 unspecified atom stereocenters. The summed E-state index contributed by atoms with van der Waals surface area (Å²) in [7, 11) is 2.19. The van der Waals surface area contributed by atoms with E-state index in [9.17, 15) is 0 Å². The molecule has 1 aliphatic heterocycles. The van der Waals surface area contributed by atoms with Gasteiger partial charge in [-0.05, 0) is 57.0 Å². The van der Waals surface area contributed by atoms with Gasteiger partial charge in [-0.15, -0.1) is 5.10 Å². The monoisotopic (exact) mass is 451 g/mol. The first-order valence-electron chi connectivity index (χ1n) is 11.8. The van der Waals surface area contributed by atoms with Crippen LogP contribution in [-0.4, -0.2) is 63.5 Å². The van der Waals surface area contributed by atoms with Crippen LogP contribution in [-0.2, 0) is 0 Å². The largest absolute Gasteiger partial charge is 0.369 e. The van der Waals surface area contributed by atoms with Crippen molar-refractivity contribution in [2.75, 3.05) is 49.2 Å². The fourth-order valence-electron chi connectivity index (χ4n) is 4.63. The number of benzene rings is 1. The summed E-state index contributed by atoms with van der Waals surface area (Å²) >= 11 is 1.77. The van der Waals surface area contributed by atoms with Gasteiger partial charge in [-0.2, -0.15) is 9.50 Å². The highest BCUT2D eigenvalue weighted by molar-refractivity contribution is 7.99. The third-order valence-corrected chi connectivity index (χ3v) is 7.67. The summed E-state index contributed by atoms with van der Waals surface area (Å²) in [5.41, 5.74) is 3.26. The Bertz CT molecular complexity index is 1030. The SMILES string of the molecule is Cc1cc(Nc2ccc(N3CCN(C)CC3)cc2)n2nc(SCC3CCCCC3)nc2n1. The van der Waals surface area contributed by atoms with Gasteiger partial charge in [-0.1, -0.05) is 31.0 Å². The first kappa shape index (κ1) is 21.5. The quantitative estimate of drug-likeness (QED) is 0.550. The second-order valence-electron chi connectivity index (χ2n) is 9.17. The van der Waals surface area contributed by atoms with Gasteiger partial charge in [0.1, 0.15) is 5.82 Å². The predicted octanol–water partition coefficient (Wildman–Crippen LogP) is 4.60. The number of nitrogens with zero attached hydrogens (tertiary/aromatic N) is 6. The van der Waals surface area contributed by atoms with Gasteiger partial charge in [0, 0.05) is 55.1 Å². The molecular formula is C24H33N7S. The summed E-state index contributed by atoms with van der Waals surface area (Å²) in [5.74, 6) is 3.46. The Labute approximate surface area is 194 Å². The smallest absolute Gasteiger partial charge is 0.255 e. The molecule has 0 radical (unpaired) electrons. The minimum Gasteiger partial charge on any atom is -0.369 e. The van der Waals surface area contributed by atoms with E-state index in [2.05, 4.69) is 51.4 Å². The van der Waals surface area contributed by atoms with Gasteiger partial charge in [0.2, 0.25) is 5.16 Å². The van der Waals surface area contributed by atoms with Gasteiger partial charge < -0.3 is 15.1 Å². The molecule has 0 amide bonds. The molecule has 7 nitrogen and oxygen atoms in total. The third-order valence-electron chi connectivity index (χ3n) is 6.60. The Morgan fingerprint density at radius 1 is 1.00 bits per heavy atom. The van der Waals surface area contributed by atoms with E-state index in [0.29, 0.717) is 5.78 Å². The molecule has 2 fully saturated rings. The van der Waals surface area contributed by atoms with Crippen LogP contribution in [0.4, 0.5) is 17.2 Å². The summed E-state index contributed by atoms with van der Waals surface area (Å²) in [6, 6.07) is 10.7. The number of aromatic nitrogens is 4. The number of rotatable bonds is 6. The van der Waals surface area contributed by atoms with Crippen LogP contribution in [0.25, 0.3) is 5.78 Å². The Morgan fingerprint density at radius 3 is 2.50 bits per heavy atom. The summed E-state index contributed by atoms with van der Waals surface area (Å²) in [6.07, 6.45) is 6.81. The molecular weight excluding hydrogens is 418 g/mol. The van der Waals surface area contributed by atoms with Crippen molar-refractivity contribution in [1.82, 2.24) is 24.5 Å². The highest BCUT2D eigenvalue weighted by atomic mass is 32.2. The van der Waals surface area contributed by atoms with Crippen molar-refractivity contribution in [3.8, 4) is 0 Å². The number of fused-ring (bicyclic) bond motifs is 1. The Balaban J connectivity index is 1.29. The van der Waals surface area contributed by atoms with Crippen LogP contribution < -0.4 is 10.2 Å². The standard InChI is InChI=1S/C24H33N7S/c1-18-16-22(26-20-8-10-21(11-9-20)30-14-12-29(2)13-15-30)31-23(25-18)27-24(28-31)32-17-19-6-4-3-5-7-19/h8-11,16,19,26H,3-7,12-15,17H2,1-2H3. The van der Waals surface area contributed by atoms with E-state index in [0.717, 1.165) is 60.2 Å². The maximum absolute atomic E-state index is 4.76. The van der Waals surface area contributed by atoms with Gasteiger partial charge >= 0.3 is 0 Å². The molecule has 1 saturated heterocycles. The van der Waals surface area contributed by atoms with E-state index >= 15 is 0 Å². The van der Waals surface area contributed by atoms with Crippen LogP contribution in [0.3, 0.4) is 0 Å². The van der Waals surface area contributed by atoms with Gasteiger partial charge in [-0.25, -0.2) is 4.98 Å². The van der Waals surface area contributed by atoms with Gasteiger partial charge in [0.15, 0.2) is 0 Å². The van der Waals surface area contributed by atoms with Crippen LogP contribution in [0.2, 0.25) is 0 Å². The van der Waals surface area contributed by atoms with Crippen LogP contribution in [0.1, 0.15) is 37.8 Å². The van der Waals surface area contributed by atoms with Crippen molar-refractivity contribution in [3.63, 3.8) is 0 Å². The van der Waals surface area contributed by atoms with E-state index in [1.807, 2.05) is 17.5 Å². The van der Waals surface area contributed by atoms with Crippen molar-refractivity contribution in [1.29, 1.82) is 0 Å². The van der Waals surface area contributed by atoms with E-state index in [-0.39, 0.29) is 0 Å². The fourth-order valence-corrected chi connectivity index (χ4v) is 5.64. The van der Waals surface area contributed by atoms with Crippen molar-refractivity contribution in [2.45, 2.75) is 44.2 Å². The first-order chi connectivity index (χ1) is 15.6. The average molecular weight is 452 g/mol. The lowest BCUT2D eigenvalue weighted by Crippen LogP contribution is -2.44. The number of hydrogen-bond acceptors (Lipinski definition) is 7. The predicted molar refractivity (Wildman–Crippen MR) is 132 cm³/mol. The Kier molecular flexibility index (Phi) is 6.50. The number of anilines is 3. The second-order valence-corrected chi connectivity index (χ2v) is 10.2. The molecule has 3 heterocycles. The Morgan fingerprint density at radius 2 is 1.75 bits per heavy atom. The highest BCUT2D eigenvalue weighted by Crippen LogP contribution is 2.29. The number of hydrogen-bond donors (Lipinski definition) is 1. The van der Waals surface area contributed by atoms with E-state index in [1.54, 1.807) is 11.8 Å². The van der Waals surface area contributed by atoms with Crippen LogP contribution in [0, 0.1) is 12.8 Å². The molecule has 1 N–H and O–H groups in total. The lowest BCUT2D eigenvalue weighted by molar-refractivity contribution is 0.313. The molecule has 170 valence electrons. The lowest BCUT2D eigenvalue weighted by atomic mass is 9.91. The lowest BCUT2D eigenvalue weighted by Gasteiger charge is -2.34. The zero-order valence-electron chi connectivity index (χ0n) is 19.1. The van der Waals surface area contributed by atoms with E-state index in [4.69, 9.17) is 10.1 Å². The zero-order chi connectivity index (χ0) is 21.9. The van der Waals surface area contributed by atoms with Crippen molar-refractivity contribution < 1.29 is 0 Å². The first-order valence-corrected chi connectivity index (χ1v) is 12.8. The molecule has 32 heavy (non-hydrogen) atoms. The number of piperazine rings is 1. The van der Waals surface area contributed by atoms with Crippen LogP contribution >= 0.6 is 11.8 Å². The van der Waals surface area contributed by atoms with E-state index in [1.165, 1.54) is 37.8 Å². The number of aryl methyl sites for hydroxylation is 1. The van der Waals surface area contributed by atoms with Crippen LogP contribution in [0.5, 0.6) is 0 Å². The van der Waals surface area contributed by atoms with Crippen molar-refractivity contribution in [3.05, 3.63) is 36.0 Å². The fraction of sp³-hybridized carbons (Fsp3) is 0.542. The Hall–Kier alpha value is -2.32. The maximum atomic E-state index is 4.76. The number of nitrogens with one attached hydrogen (secondary N) is 1. The molecule has 0 spiro atoms. The molecule has 5 rings (SSSR count). The van der Waals surface area contributed by atoms with Crippen molar-refractivity contribution >= 4 is 34.7 Å². The maximum Gasteiger partial charge on any atom is 0.255 e.